The molecule has 0 bridgehead atoms. The van der Waals surface area contributed by atoms with Crippen molar-refractivity contribution in [1.29, 1.82) is 15.8 Å². The molecule has 0 spiro atoms. The zero-order valence-corrected chi connectivity index (χ0v) is 26.8. The van der Waals surface area contributed by atoms with Gasteiger partial charge in [-0.15, -0.1) is 11.8 Å². The van der Waals surface area contributed by atoms with E-state index in [0.717, 1.165) is 21.7 Å². The maximum Gasteiger partial charge on any atom is 0.437 e. The van der Waals surface area contributed by atoms with Crippen LogP contribution in [0.5, 0.6) is 5.75 Å². The lowest BCUT2D eigenvalue weighted by atomic mass is 9.83. The number of halogens is 3. The Labute approximate surface area is 281 Å². The molecule has 10 heteroatoms. The Hall–Kier alpha value is -5.63. The molecule has 2 atom stereocenters. The van der Waals surface area contributed by atoms with Crippen LogP contribution in [0, 0.1) is 34.0 Å². The zero-order valence-electron chi connectivity index (χ0n) is 26.0. The first-order chi connectivity index (χ1) is 23.1. The molecule has 0 saturated carbocycles. The first-order valence-electron chi connectivity index (χ1n) is 14.8. The van der Waals surface area contributed by atoms with Crippen LogP contribution in [0.15, 0.2) is 131 Å². The van der Waals surface area contributed by atoms with Crippen LogP contribution in [0.25, 0.3) is 6.08 Å². The lowest BCUT2D eigenvalue weighted by Crippen LogP contribution is -2.43. The Balaban J connectivity index is 1.45. The number of hydrogen-bond acceptors (Lipinski definition) is 7. The van der Waals surface area contributed by atoms with Gasteiger partial charge in [-0.25, -0.2) is 0 Å². The number of thioether (sulfide) groups is 1. The van der Waals surface area contributed by atoms with Gasteiger partial charge in [-0.1, -0.05) is 85.0 Å². The number of nitrogens with zero attached hydrogens (tertiary/aromatic N) is 3. The summed E-state index contributed by atoms with van der Waals surface area (Å²) < 4.78 is 56.4. The van der Waals surface area contributed by atoms with Crippen molar-refractivity contribution >= 4 is 23.5 Å². The van der Waals surface area contributed by atoms with Crippen molar-refractivity contribution < 1.29 is 22.6 Å². The van der Waals surface area contributed by atoms with Crippen LogP contribution in [-0.2, 0) is 16.9 Å². The van der Waals surface area contributed by atoms with E-state index < -0.39 is 39.0 Å². The molecule has 6 nitrogen and oxygen atoms in total. The summed E-state index contributed by atoms with van der Waals surface area (Å²) in [6.07, 6.45) is 4.17. The quantitative estimate of drug-likeness (QED) is 0.228. The fraction of sp³-hybridized carbons (Fsp3) is 0.184. The van der Waals surface area contributed by atoms with E-state index in [1.165, 1.54) is 42.1 Å². The number of hydrogen-bond donors (Lipinski definition) is 1. The van der Waals surface area contributed by atoms with Gasteiger partial charge in [-0.3, -0.25) is 0 Å². The lowest BCUT2D eigenvalue weighted by molar-refractivity contribution is -0.249. The summed E-state index contributed by atoms with van der Waals surface area (Å²) in [5.74, 6) is -0.00309. The average Bonchev–Trinajstić information content (AvgIpc) is 3.65. The molecule has 3 aromatic rings. The molecule has 3 aromatic carbocycles. The summed E-state index contributed by atoms with van der Waals surface area (Å²) in [4.78, 5) is 0.896. The van der Waals surface area contributed by atoms with Gasteiger partial charge in [0.25, 0.3) is 5.60 Å². The third-order valence-corrected chi connectivity index (χ3v) is 9.21. The van der Waals surface area contributed by atoms with Crippen molar-refractivity contribution in [3.8, 4) is 24.0 Å². The summed E-state index contributed by atoms with van der Waals surface area (Å²) in [5, 5.41) is 32.1. The molecule has 240 valence electrons. The molecule has 2 heterocycles. The first kappa shape index (κ1) is 33.7. The summed E-state index contributed by atoms with van der Waals surface area (Å²) in [5.41, 5.74) is -2.33. The number of allylic oxidation sites excluding steroid dienone is 4. The summed E-state index contributed by atoms with van der Waals surface area (Å²) in [6, 6.07) is 27.4. The molecule has 5 rings (SSSR count). The zero-order chi connectivity index (χ0) is 34.4. The van der Waals surface area contributed by atoms with Crippen molar-refractivity contribution in [1.82, 2.24) is 0 Å². The summed E-state index contributed by atoms with van der Waals surface area (Å²) in [6.45, 7) is 2.28. The van der Waals surface area contributed by atoms with Gasteiger partial charge < -0.3 is 14.8 Å². The highest BCUT2D eigenvalue weighted by atomic mass is 32.2. The molecule has 0 aliphatic carbocycles. The van der Waals surface area contributed by atoms with E-state index >= 15 is 13.2 Å². The summed E-state index contributed by atoms with van der Waals surface area (Å²) in [7, 11) is 1.83. The van der Waals surface area contributed by atoms with E-state index in [0.29, 0.717) is 18.8 Å². The predicted octanol–water partition coefficient (Wildman–Crippen LogP) is 9.27. The fourth-order valence-electron chi connectivity index (χ4n) is 5.41. The topological polar surface area (TPSA) is 102 Å². The average molecular weight is 663 g/mol. The highest BCUT2D eigenvalue weighted by Crippen LogP contribution is 2.56. The second-order valence-corrected chi connectivity index (χ2v) is 12.8. The van der Waals surface area contributed by atoms with Gasteiger partial charge in [-0.2, -0.15) is 29.0 Å². The van der Waals surface area contributed by atoms with Crippen molar-refractivity contribution in [2.45, 2.75) is 36.5 Å². The van der Waals surface area contributed by atoms with E-state index in [1.54, 1.807) is 30.4 Å². The standard InChI is InChI=1S/C38H29F3N4O2S/c1-36(19-17-31(48-36)16-14-27-13-15-30(45-2)21-34(27)46-25-26-9-5-3-6-10-26)20-18-33-32(24-44)35(28(22-42)23-43)47-37(33,38(39,40)41)29-11-7-4-8-12-29/h3-18,20-21,45H,19,25H2,1-2H3/b16-14+,20-18+. The Kier molecular flexibility index (Phi) is 9.84. The number of nitriles is 3. The smallest absolute Gasteiger partial charge is 0.437 e. The van der Waals surface area contributed by atoms with Crippen LogP contribution in [-0.4, -0.2) is 18.0 Å². The minimum Gasteiger partial charge on any atom is -0.488 e. The Morgan fingerprint density at radius 1 is 0.979 bits per heavy atom. The molecule has 0 radical (unpaired) electrons. The monoisotopic (exact) mass is 662 g/mol. The van der Waals surface area contributed by atoms with E-state index in [4.69, 9.17) is 9.47 Å². The molecule has 0 saturated heterocycles. The number of benzene rings is 3. The van der Waals surface area contributed by atoms with Gasteiger partial charge in [0.2, 0.25) is 0 Å². The third kappa shape index (κ3) is 6.74. The van der Waals surface area contributed by atoms with Gasteiger partial charge in [0.15, 0.2) is 11.3 Å². The molecule has 2 unspecified atom stereocenters. The van der Waals surface area contributed by atoms with Gasteiger partial charge in [0.05, 0.1) is 0 Å². The van der Waals surface area contributed by atoms with Gasteiger partial charge in [0, 0.05) is 45.2 Å². The highest BCUT2D eigenvalue weighted by molar-refractivity contribution is 8.05. The normalized spacial score (nSPS) is 20.6. The SMILES string of the molecule is CNc1ccc(/C=C/C2=CCC(C)(/C=C/C3=C(C#N)C(=C(C#N)C#N)OC3(c3ccccc3)C(F)(F)F)S2)c(OCc2ccccc2)c1. The lowest BCUT2D eigenvalue weighted by Gasteiger charge is -2.33. The third-order valence-electron chi connectivity index (χ3n) is 7.90. The van der Waals surface area contributed by atoms with Crippen LogP contribution < -0.4 is 10.1 Å². The predicted molar refractivity (Wildman–Crippen MR) is 180 cm³/mol. The number of ether oxygens (including phenoxy) is 2. The van der Waals surface area contributed by atoms with Gasteiger partial charge in [0.1, 0.15) is 36.1 Å². The largest absolute Gasteiger partial charge is 0.488 e. The van der Waals surface area contributed by atoms with E-state index in [2.05, 4.69) is 5.32 Å². The Bertz CT molecular complexity index is 1960. The van der Waals surface area contributed by atoms with Crippen molar-refractivity contribution in [2.24, 2.45) is 0 Å². The van der Waals surface area contributed by atoms with E-state index in [1.807, 2.05) is 80.7 Å². The van der Waals surface area contributed by atoms with Crippen molar-refractivity contribution in [3.63, 3.8) is 0 Å². The first-order valence-corrected chi connectivity index (χ1v) is 15.6. The van der Waals surface area contributed by atoms with Crippen LogP contribution in [0.2, 0.25) is 0 Å². The molecular weight excluding hydrogens is 634 g/mol. The van der Waals surface area contributed by atoms with E-state index in [9.17, 15) is 15.8 Å². The molecule has 48 heavy (non-hydrogen) atoms. The highest BCUT2D eigenvalue weighted by Gasteiger charge is 2.65. The number of anilines is 1. The maximum absolute atomic E-state index is 15.1. The van der Waals surface area contributed by atoms with Crippen LogP contribution in [0.1, 0.15) is 30.0 Å². The minimum atomic E-state index is -5.05. The fourth-order valence-corrected chi connectivity index (χ4v) is 6.56. The Morgan fingerprint density at radius 2 is 1.67 bits per heavy atom. The number of nitrogens with one attached hydrogen (secondary N) is 1. The van der Waals surface area contributed by atoms with E-state index in [-0.39, 0.29) is 5.56 Å². The van der Waals surface area contributed by atoms with Crippen LogP contribution in [0.3, 0.4) is 0 Å². The molecular formula is C38H29F3N4O2S. The van der Waals surface area contributed by atoms with Gasteiger partial charge in [-0.05, 0) is 37.1 Å². The van der Waals surface area contributed by atoms with Crippen molar-refractivity contribution in [2.75, 3.05) is 12.4 Å². The molecule has 1 N–H and O–H groups in total. The van der Waals surface area contributed by atoms with Crippen molar-refractivity contribution in [3.05, 3.63) is 147 Å². The van der Waals surface area contributed by atoms with Gasteiger partial charge >= 0.3 is 6.18 Å². The molecule has 0 aromatic heterocycles. The minimum absolute atomic E-state index is 0.282. The molecule has 2 aliphatic rings. The maximum atomic E-state index is 15.1. The molecule has 0 fully saturated rings. The number of rotatable bonds is 9. The second-order valence-electron chi connectivity index (χ2n) is 11.1. The van der Waals surface area contributed by atoms with Crippen LogP contribution >= 0.6 is 11.8 Å². The summed E-state index contributed by atoms with van der Waals surface area (Å²) >= 11 is 1.46. The molecule has 2 aliphatic heterocycles. The number of alkyl halides is 3. The second kappa shape index (κ2) is 14.0. The molecule has 0 amide bonds. The Morgan fingerprint density at radius 3 is 2.29 bits per heavy atom. The van der Waals surface area contributed by atoms with Crippen LogP contribution in [0.4, 0.5) is 18.9 Å².